The molecule has 0 aromatic carbocycles. The number of carbonyl (C=O) groups is 4. The minimum atomic E-state index is -1.92. The summed E-state index contributed by atoms with van der Waals surface area (Å²) in [7, 11) is 0. The van der Waals surface area contributed by atoms with Gasteiger partial charge in [0.2, 0.25) is 0 Å². The highest BCUT2D eigenvalue weighted by molar-refractivity contribution is 5.74. The molecule has 12 nitrogen and oxygen atoms in total. The third kappa shape index (κ3) is 43.8. The van der Waals surface area contributed by atoms with Crippen molar-refractivity contribution in [3.05, 3.63) is 109 Å². The van der Waals surface area contributed by atoms with Crippen LogP contribution in [0.25, 0.3) is 0 Å². The van der Waals surface area contributed by atoms with Crippen LogP contribution < -0.4 is 0 Å². The van der Waals surface area contributed by atoms with Crippen LogP contribution in [0.3, 0.4) is 0 Å². The van der Waals surface area contributed by atoms with Gasteiger partial charge in [-0.2, -0.15) is 0 Å². The summed E-state index contributed by atoms with van der Waals surface area (Å²) in [6.07, 6.45) is 60.4. The first-order chi connectivity index (χ1) is 38.6. The molecule has 448 valence electrons. The molecule has 12 heteroatoms. The van der Waals surface area contributed by atoms with Crippen molar-refractivity contribution < 1.29 is 58.2 Å². The summed E-state index contributed by atoms with van der Waals surface area (Å²) in [5.41, 5.74) is 0. The van der Waals surface area contributed by atoms with Gasteiger partial charge in [0.15, 0.2) is 24.6 Å². The molecule has 3 N–H and O–H groups in total. The predicted octanol–water partition coefficient (Wildman–Crippen LogP) is 16.2. The van der Waals surface area contributed by atoms with E-state index in [0.717, 1.165) is 161 Å². The quantitative estimate of drug-likeness (QED) is 0.0228. The molecule has 0 amide bonds. The number of hydrogen-bond acceptors (Lipinski definition) is 11. The number of unbranched alkanes of at least 4 members (excludes halogenated alkanes) is 19. The highest BCUT2D eigenvalue weighted by Gasteiger charge is 2.50. The molecule has 1 aliphatic heterocycles. The maximum absolute atomic E-state index is 13.2. The van der Waals surface area contributed by atoms with E-state index in [1.54, 1.807) is 0 Å². The predicted molar refractivity (Wildman–Crippen MR) is 321 cm³/mol. The molecule has 1 fully saturated rings. The van der Waals surface area contributed by atoms with Gasteiger partial charge in [0.1, 0.15) is 18.8 Å². The number of carboxylic acids is 1. The van der Waals surface area contributed by atoms with Crippen molar-refractivity contribution in [2.75, 3.05) is 13.2 Å². The molecule has 6 unspecified atom stereocenters. The Morgan fingerprint density at radius 1 is 0.430 bits per heavy atom. The highest BCUT2D eigenvalue weighted by Crippen LogP contribution is 2.26. The molecule has 1 heterocycles. The molecule has 0 saturated carbocycles. The molecule has 0 radical (unpaired) electrons. The van der Waals surface area contributed by atoms with Gasteiger partial charge in [-0.25, -0.2) is 4.79 Å². The third-order valence-corrected chi connectivity index (χ3v) is 13.3. The fourth-order valence-electron chi connectivity index (χ4n) is 8.64. The van der Waals surface area contributed by atoms with Crippen molar-refractivity contribution in [3.63, 3.8) is 0 Å². The lowest BCUT2D eigenvalue weighted by Crippen LogP contribution is -2.61. The number of hydrogen-bond donors (Lipinski definition) is 3. The number of esters is 3. The van der Waals surface area contributed by atoms with Gasteiger partial charge in [0.25, 0.3) is 0 Å². The Bertz CT molecular complexity index is 1790. The summed E-state index contributed by atoms with van der Waals surface area (Å²) in [5, 5.41) is 31.5. The second-order valence-corrected chi connectivity index (χ2v) is 20.6. The Morgan fingerprint density at radius 2 is 0.797 bits per heavy atom. The van der Waals surface area contributed by atoms with E-state index in [9.17, 15) is 34.5 Å². The van der Waals surface area contributed by atoms with Crippen molar-refractivity contribution in [3.8, 4) is 0 Å². The van der Waals surface area contributed by atoms with Crippen LogP contribution in [0, 0.1) is 0 Å². The zero-order valence-electron chi connectivity index (χ0n) is 49.3. The molecular formula is C67H108O12. The van der Waals surface area contributed by atoms with E-state index < -0.39 is 67.3 Å². The lowest BCUT2D eigenvalue weighted by Gasteiger charge is -2.40. The highest BCUT2D eigenvalue weighted by atomic mass is 16.7. The number of rotatable bonds is 51. The fraction of sp³-hybridized carbons (Fsp3) is 0.672. The van der Waals surface area contributed by atoms with Crippen LogP contribution in [0.15, 0.2) is 109 Å². The molecule has 0 aliphatic carbocycles. The molecule has 1 saturated heterocycles. The molecule has 1 aliphatic rings. The van der Waals surface area contributed by atoms with E-state index in [0.29, 0.717) is 19.3 Å². The topological polar surface area (TPSA) is 175 Å². The first-order valence-electron chi connectivity index (χ1n) is 30.9. The van der Waals surface area contributed by atoms with Gasteiger partial charge in [0, 0.05) is 19.3 Å². The summed E-state index contributed by atoms with van der Waals surface area (Å²) in [4.78, 5) is 51.2. The van der Waals surface area contributed by atoms with E-state index in [4.69, 9.17) is 23.7 Å². The number of aliphatic hydroxyl groups excluding tert-OH is 2. The number of carbonyl (C=O) groups excluding carboxylic acids is 3. The zero-order chi connectivity index (χ0) is 57.5. The average Bonchev–Trinajstić information content (AvgIpc) is 3.46. The van der Waals surface area contributed by atoms with Crippen LogP contribution in [-0.4, -0.2) is 89.2 Å². The Morgan fingerprint density at radius 3 is 1.22 bits per heavy atom. The number of allylic oxidation sites excluding steroid dienone is 18. The molecule has 0 bridgehead atoms. The van der Waals surface area contributed by atoms with Crippen LogP contribution in [0.5, 0.6) is 0 Å². The van der Waals surface area contributed by atoms with Gasteiger partial charge < -0.3 is 39.0 Å². The summed E-state index contributed by atoms with van der Waals surface area (Å²) in [6.45, 7) is 5.71. The smallest absolute Gasteiger partial charge is 0.335 e. The Hall–Kier alpha value is -4.62. The van der Waals surface area contributed by atoms with E-state index in [2.05, 4.69) is 130 Å². The first kappa shape index (κ1) is 72.4. The van der Waals surface area contributed by atoms with E-state index >= 15 is 0 Å². The summed E-state index contributed by atoms with van der Waals surface area (Å²) >= 11 is 0. The van der Waals surface area contributed by atoms with Crippen LogP contribution >= 0.6 is 0 Å². The SMILES string of the molecule is CC/C=C\C/C=C\C/C=C\C/C=C\CCCCCCCCC(=O)OCC(COC1OC(C(=O)O)C(O)C(O)C1OC(=O)CCCCCCC/C=C\C/C=C\C/C=C\CC)OC(=O)CCCCCCC/C=C\C/C=C\CCCCC. The first-order valence-corrected chi connectivity index (χ1v) is 30.9. The lowest BCUT2D eigenvalue weighted by atomic mass is 9.98. The van der Waals surface area contributed by atoms with Crippen molar-refractivity contribution in [1.29, 1.82) is 0 Å². The van der Waals surface area contributed by atoms with Crippen molar-refractivity contribution in [2.24, 2.45) is 0 Å². The average molecular weight is 1110 g/mol. The molecular weight excluding hydrogens is 997 g/mol. The van der Waals surface area contributed by atoms with E-state index in [1.807, 2.05) is 0 Å². The second-order valence-electron chi connectivity index (χ2n) is 20.6. The van der Waals surface area contributed by atoms with Gasteiger partial charge in [-0.3, -0.25) is 14.4 Å². The number of aliphatic carboxylic acids is 1. The van der Waals surface area contributed by atoms with Gasteiger partial charge in [-0.1, -0.05) is 207 Å². The Labute approximate surface area is 478 Å². The molecule has 0 aromatic heterocycles. The molecule has 1 rings (SSSR count). The molecule has 0 spiro atoms. The maximum atomic E-state index is 13.2. The van der Waals surface area contributed by atoms with Gasteiger partial charge in [-0.15, -0.1) is 0 Å². The van der Waals surface area contributed by atoms with Gasteiger partial charge in [0.05, 0.1) is 6.61 Å². The molecule has 0 aromatic rings. The van der Waals surface area contributed by atoms with Gasteiger partial charge in [-0.05, 0) is 122 Å². The van der Waals surface area contributed by atoms with E-state index in [1.165, 1.54) is 19.3 Å². The van der Waals surface area contributed by atoms with Crippen LogP contribution in [0.4, 0.5) is 0 Å². The van der Waals surface area contributed by atoms with Gasteiger partial charge >= 0.3 is 23.9 Å². The van der Waals surface area contributed by atoms with Crippen LogP contribution in [0.1, 0.15) is 239 Å². The maximum Gasteiger partial charge on any atom is 0.335 e. The summed E-state index contributed by atoms with van der Waals surface area (Å²) in [6, 6.07) is 0. The minimum absolute atomic E-state index is 0.0329. The summed E-state index contributed by atoms with van der Waals surface area (Å²) < 4.78 is 28.4. The minimum Gasteiger partial charge on any atom is -0.479 e. The molecule has 79 heavy (non-hydrogen) atoms. The lowest BCUT2D eigenvalue weighted by molar-refractivity contribution is -0.301. The van der Waals surface area contributed by atoms with Crippen LogP contribution in [0.2, 0.25) is 0 Å². The normalized spacial score (nSPS) is 18.6. The van der Waals surface area contributed by atoms with Crippen LogP contribution in [-0.2, 0) is 42.9 Å². The summed E-state index contributed by atoms with van der Waals surface area (Å²) in [5.74, 6) is -3.19. The van der Waals surface area contributed by atoms with Crippen molar-refractivity contribution in [2.45, 2.75) is 276 Å². The number of ether oxygens (including phenoxy) is 5. The zero-order valence-corrected chi connectivity index (χ0v) is 49.3. The third-order valence-electron chi connectivity index (χ3n) is 13.3. The van der Waals surface area contributed by atoms with E-state index in [-0.39, 0.29) is 25.9 Å². The standard InChI is InChI=1S/C67H108O12/c1-4-7-10-13-16-19-22-25-28-29-30-31-34-35-38-41-44-47-50-53-59(68)75-56-58(77-60(69)54-51-48-45-42-39-36-32-26-23-20-17-14-11-8-5-2)57-76-67-65(63(72)62(71)64(79-67)66(73)74)78-61(70)55-52-49-46-43-40-37-33-27-24-21-18-15-12-9-6-3/h7,9-10,12,16-21,25-28,30-33,58,62-65,67,71-72H,4-6,8,11,13-15,22-24,29,34-57H2,1-3H3,(H,73,74)/b10-7-,12-9-,19-16-,20-17-,21-18-,28-25-,31-30-,32-26-,33-27-. The number of carboxylic acid groups (broad SMARTS) is 1. The van der Waals surface area contributed by atoms with Crippen molar-refractivity contribution >= 4 is 23.9 Å². The largest absolute Gasteiger partial charge is 0.479 e. The Kier molecular flexibility index (Phi) is 49.5. The number of aliphatic hydroxyl groups is 2. The van der Waals surface area contributed by atoms with Crippen molar-refractivity contribution in [1.82, 2.24) is 0 Å². The Balaban J connectivity index is 2.71. The monoisotopic (exact) mass is 1100 g/mol. The second kappa shape index (κ2) is 54.0. The molecule has 6 atom stereocenters. The fourth-order valence-corrected chi connectivity index (χ4v) is 8.64.